The van der Waals surface area contributed by atoms with Crippen LogP contribution in [0.1, 0.15) is 0 Å². The van der Waals surface area contributed by atoms with Gasteiger partial charge in [-0.2, -0.15) is 0 Å². The van der Waals surface area contributed by atoms with Gasteiger partial charge in [0, 0.05) is 14.1 Å². The van der Waals surface area contributed by atoms with Crippen LogP contribution in [0.5, 0.6) is 0 Å². The van der Waals surface area contributed by atoms with Crippen molar-refractivity contribution in [1.82, 2.24) is 11.0 Å². The molecule has 0 aliphatic rings. The highest BCUT2D eigenvalue weighted by Gasteiger charge is 1.75. The van der Waals surface area contributed by atoms with Gasteiger partial charge in [0.25, 0.3) is 0 Å². The predicted octanol–water partition coefficient (Wildman–Crippen LogP) is -0.754. The lowest BCUT2D eigenvalue weighted by molar-refractivity contribution is -0.123. The SMILES string of the molecule is CNOCONC. The van der Waals surface area contributed by atoms with Crippen LogP contribution < -0.4 is 11.0 Å². The summed E-state index contributed by atoms with van der Waals surface area (Å²) in [7, 11) is 3.33. The van der Waals surface area contributed by atoms with Gasteiger partial charge < -0.3 is 0 Å². The molecule has 0 saturated heterocycles. The highest BCUT2D eigenvalue weighted by atomic mass is 16.8. The number of hydroxylamine groups is 2. The van der Waals surface area contributed by atoms with Gasteiger partial charge in [-0.15, -0.1) is 0 Å². The lowest BCUT2D eigenvalue weighted by Gasteiger charge is -1.98. The Morgan fingerprint density at radius 3 is 1.86 bits per heavy atom. The van der Waals surface area contributed by atoms with Gasteiger partial charge in [0.1, 0.15) is 0 Å². The molecule has 0 saturated carbocycles. The molecule has 4 nitrogen and oxygen atoms in total. The molecular formula is C3H10N2O2. The lowest BCUT2D eigenvalue weighted by atomic mass is 11.4. The van der Waals surface area contributed by atoms with Crippen molar-refractivity contribution < 1.29 is 9.68 Å². The van der Waals surface area contributed by atoms with Gasteiger partial charge in [-0.1, -0.05) is 0 Å². The Balaban J connectivity index is 2.45. The second-order valence-corrected chi connectivity index (χ2v) is 0.815. The van der Waals surface area contributed by atoms with Crippen molar-refractivity contribution >= 4 is 0 Å². The molecule has 0 aromatic carbocycles. The minimum Gasteiger partial charge on any atom is -0.272 e. The number of rotatable bonds is 4. The average Bonchev–Trinajstić information content (AvgIpc) is 1.69. The largest absolute Gasteiger partial charge is 0.272 e. The molecule has 0 radical (unpaired) electrons. The van der Waals surface area contributed by atoms with E-state index in [1.54, 1.807) is 14.1 Å². The molecule has 0 spiro atoms. The summed E-state index contributed by atoms with van der Waals surface area (Å²) < 4.78 is 0. The monoisotopic (exact) mass is 106 g/mol. The zero-order valence-corrected chi connectivity index (χ0v) is 4.52. The minimum atomic E-state index is 0.215. The van der Waals surface area contributed by atoms with Crippen LogP contribution >= 0.6 is 0 Å². The highest BCUT2D eigenvalue weighted by molar-refractivity contribution is 3.92. The van der Waals surface area contributed by atoms with Gasteiger partial charge in [0.15, 0.2) is 6.79 Å². The Bertz CT molecular complexity index is 30.1. The van der Waals surface area contributed by atoms with Gasteiger partial charge in [0.05, 0.1) is 0 Å². The minimum absolute atomic E-state index is 0.215. The molecule has 0 fully saturated rings. The van der Waals surface area contributed by atoms with Gasteiger partial charge >= 0.3 is 0 Å². The van der Waals surface area contributed by atoms with E-state index in [-0.39, 0.29) is 6.79 Å². The van der Waals surface area contributed by atoms with Crippen molar-refractivity contribution in [3.8, 4) is 0 Å². The van der Waals surface area contributed by atoms with Crippen LogP contribution in [-0.4, -0.2) is 20.9 Å². The fourth-order valence-electron chi connectivity index (χ4n) is 0.147. The standard InChI is InChI=1S/C3H10N2O2/c1-4-6-3-7-5-2/h4-5H,3H2,1-2H3. The van der Waals surface area contributed by atoms with Gasteiger partial charge in [-0.25, -0.2) is 11.0 Å². The molecule has 0 unspecified atom stereocenters. The van der Waals surface area contributed by atoms with Crippen molar-refractivity contribution in [3.05, 3.63) is 0 Å². The maximum Gasteiger partial charge on any atom is 0.186 e. The zero-order chi connectivity index (χ0) is 5.54. The molecule has 0 aromatic heterocycles. The predicted molar refractivity (Wildman–Crippen MR) is 25.2 cm³/mol. The molecule has 0 aliphatic carbocycles. The Hall–Kier alpha value is -0.160. The van der Waals surface area contributed by atoms with Crippen LogP contribution in [0, 0.1) is 0 Å². The Kier molecular flexibility index (Phi) is 5.71. The normalized spacial score (nSPS) is 9.43. The topological polar surface area (TPSA) is 42.5 Å². The van der Waals surface area contributed by atoms with Crippen molar-refractivity contribution in [2.24, 2.45) is 0 Å². The number of hydrogen-bond acceptors (Lipinski definition) is 4. The number of hydrogen-bond donors (Lipinski definition) is 2. The van der Waals surface area contributed by atoms with E-state index < -0.39 is 0 Å². The molecule has 0 rings (SSSR count). The summed E-state index contributed by atoms with van der Waals surface area (Å²) in [4.78, 5) is 9.08. The van der Waals surface area contributed by atoms with Crippen LogP contribution in [-0.2, 0) is 9.68 Å². The summed E-state index contributed by atoms with van der Waals surface area (Å²) in [5.74, 6) is 0. The maximum absolute atomic E-state index is 4.54. The molecule has 0 atom stereocenters. The molecule has 0 bridgehead atoms. The van der Waals surface area contributed by atoms with Crippen molar-refractivity contribution in [1.29, 1.82) is 0 Å². The van der Waals surface area contributed by atoms with E-state index in [1.165, 1.54) is 0 Å². The van der Waals surface area contributed by atoms with E-state index >= 15 is 0 Å². The van der Waals surface area contributed by atoms with Gasteiger partial charge in [0.2, 0.25) is 0 Å². The molecule has 2 N–H and O–H groups in total. The second-order valence-electron chi connectivity index (χ2n) is 0.815. The van der Waals surface area contributed by atoms with Crippen LogP contribution in [0.25, 0.3) is 0 Å². The third kappa shape index (κ3) is 5.84. The molecule has 44 valence electrons. The van der Waals surface area contributed by atoms with E-state index in [9.17, 15) is 0 Å². The summed E-state index contributed by atoms with van der Waals surface area (Å²) in [6, 6.07) is 0. The summed E-state index contributed by atoms with van der Waals surface area (Å²) in [6.07, 6.45) is 0. The summed E-state index contributed by atoms with van der Waals surface area (Å²) >= 11 is 0. The quantitative estimate of drug-likeness (QED) is 0.281. The first-order valence-corrected chi connectivity index (χ1v) is 1.99. The van der Waals surface area contributed by atoms with E-state index in [4.69, 9.17) is 0 Å². The molecular weight excluding hydrogens is 96.0 g/mol. The Morgan fingerprint density at radius 2 is 1.57 bits per heavy atom. The van der Waals surface area contributed by atoms with E-state index in [0.29, 0.717) is 0 Å². The van der Waals surface area contributed by atoms with E-state index in [1.807, 2.05) is 0 Å². The van der Waals surface area contributed by atoms with E-state index in [2.05, 4.69) is 20.6 Å². The third-order valence-electron chi connectivity index (χ3n) is 0.407. The van der Waals surface area contributed by atoms with Crippen molar-refractivity contribution in [2.75, 3.05) is 20.9 Å². The molecule has 0 amide bonds. The lowest BCUT2D eigenvalue weighted by Crippen LogP contribution is -2.16. The summed E-state index contributed by atoms with van der Waals surface area (Å²) in [5, 5.41) is 0. The summed E-state index contributed by atoms with van der Waals surface area (Å²) in [5.41, 5.74) is 4.88. The molecule has 4 heteroatoms. The first kappa shape index (κ1) is 6.84. The average molecular weight is 106 g/mol. The smallest absolute Gasteiger partial charge is 0.186 e. The van der Waals surface area contributed by atoms with Crippen LogP contribution in [0.15, 0.2) is 0 Å². The van der Waals surface area contributed by atoms with Gasteiger partial charge in [-0.05, 0) is 0 Å². The van der Waals surface area contributed by atoms with Gasteiger partial charge in [-0.3, -0.25) is 9.68 Å². The Morgan fingerprint density at radius 1 is 1.14 bits per heavy atom. The first-order valence-electron chi connectivity index (χ1n) is 1.99. The number of nitrogens with one attached hydrogen (secondary N) is 2. The van der Waals surface area contributed by atoms with Crippen LogP contribution in [0.2, 0.25) is 0 Å². The maximum atomic E-state index is 4.54. The van der Waals surface area contributed by atoms with Crippen LogP contribution in [0.3, 0.4) is 0 Å². The fraction of sp³-hybridized carbons (Fsp3) is 1.00. The molecule has 0 aliphatic heterocycles. The molecule has 0 heterocycles. The molecule has 0 aromatic rings. The highest BCUT2D eigenvalue weighted by Crippen LogP contribution is 1.61. The fourth-order valence-corrected chi connectivity index (χ4v) is 0.147. The van der Waals surface area contributed by atoms with E-state index in [0.717, 1.165) is 0 Å². The summed E-state index contributed by atoms with van der Waals surface area (Å²) in [6.45, 7) is 0.215. The van der Waals surface area contributed by atoms with Crippen LogP contribution in [0.4, 0.5) is 0 Å². The first-order chi connectivity index (χ1) is 3.41. The second kappa shape index (κ2) is 5.84. The molecule has 7 heavy (non-hydrogen) atoms. The third-order valence-corrected chi connectivity index (χ3v) is 0.407. The Labute approximate surface area is 42.7 Å². The van der Waals surface area contributed by atoms with Crippen molar-refractivity contribution in [3.63, 3.8) is 0 Å². The van der Waals surface area contributed by atoms with Crippen molar-refractivity contribution in [2.45, 2.75) is 0 Å². The zero-order valence-electron chi connectivity index (χ0n) is 4.52.